The SMILES string of the molecule is O=C(COC(=O)[C@H]1CC(=O)N(c2ccc([N+](=O)[O-])cc2)C1)Nc1ccc(Br)c(Cl)c1. The Morgan fingerprint density at radius 1 is 1.27 bits per heavy atom. The molecule has 1 aliphatic heterocycles. The van der Waals surface area contributed by atoms with Gasteiger partial charge >= 0.3 is 5.97 Å². The number of benzene rings is 2. The molecule has 156 valence electrons. The van der Waals surface area contributed by atoms with Crippen molar-refractivity contribution in [1.82, 2.24) is 0 Å². The summed E-state index contributed by atoms with van der Waals surface area (Å²) in [5.41, 5.74) is 0.801. The number of hydrogen-bond acceptors (Lipinski definition) is 6. The van der Waals surface area contributed by atoms with Gasteiger partial charge in [0.1, 0.15) is 0 Å². The van der Waals surface area contributed by atoms with Gasteiger partial charge in [-0.05, 0) is 46.3 Å². The average Bonchev–Trinajstić information content (AvgIpc) is 3.11. The monoisotopic (exact) mass is 495 g/mol. The topological polar surface area (TPSA) is 119 Å². The lowest BCUT2D eigenvalue weighted by Crippen LogP contribution is -2.28. The molecule has 2 aromatic carbocycles. The number of ether oxygens (including phenoxy) is 1. The lowest BCUT2D eigenvalue weighted by molar-refractivity contribution is -0.384. The maximum Gasteiger partial charge on any atom is 0.311 e. The lowest BCUT2D eigenvalue weighted by atomic mass is 10.1. The van der Waals surface area contributed by atoms with E-state index in [1.165, 1.54) is 29.2 Å². The summed E-state index contributed by atoms with van der Waals surface area (Å²) >= 11 is 9.20. The smallest absolute Gasteiger partial charge is 0.311 e. The second kappa shape index (κ2) is 9.23. The molecule has 1 aliphatic rings. The molecule has 0 aliphatic carbocycles. The summed E-state index contributed by atoms with van der Waals surface area (Å²) < 4.78 is 5.71. The molecule has 0 spiro atoms. The molecule has 2 aromatic rings. The van der Waals surface area contributed by atoms with Crippen molar-refractivity contribution < 1.29 is 24.0 Å². The fraction of sp³-hybridized carbons (Fsp3) is 0.211. The molecule has 1 N–H and O–H groups in total. The van der Waals surface area contributed by atoms with Crippen LogP contribution in [0.2, 0.25) is 5.02 Å². The molecule has 1 heterocycles. The van der Waals surface area contributed by atoms with Crippen molar-refractivity contribution in [2.24, 2.45) is 5.92 Å². The predicted molar refractivity (Wildman–Crippen MR) is 112 cm³/mol. The van der Waals surface area contributed by atoms with E-state index >= 15 is 0 Å². The van der Waals surface area contributed by atoms with Gasteiger partial charge in [-0.15, -0.1) is 0 Å². The van der Waals surface area contributed by atoms with Gasteiger partial charge in [-0.1, -0.05) is 11.6 Å². The van der Waals surface area contributed by atoms with Crippen molar-refractivity contribution in [2.75, 3.05) is 23.4 Å². The number of halogens is 2. The van der Waals surface area contributed by atoms with E-state index in [0.29, 0.717) is 20.9 Å². The first-order valence-electron chi connectivity index (χ1n) is 8.71. The summed E-state index contributed by atoms with van der Waals surface area (Å²) in [4.78, 5) is 48.1. The summed E-state index contributed by atoms with van der Waals surface area (Å²) in [7, 11) is 0. The summed E-state index contributed by atoms with van der Waals surface area (Å²) in [5, 5.41) is 13.7. The molecule has 0 bridgehead atoms. The third-order valence-corrected chi connectivity index (χ3v) is 5.61. The first kappa shape index (κ1) is 21.7. The number of rotatable bonds is 6. The quantitative estimate of drug-likeness (QED) is 0.371. The third-order valence-electron chi connectivity index (χ3n) is 4.38. The van der Waals surface area contributed by atoms with Gasteiger partial charge in [0.25, 0.3) is 11.6 Å². The number of nitro benzene ring substituents is 1. The van der Waals surface area contributed by atoms with Crippen LogP contribution in [0.25, 0.3) is 0 Å². The number of esters is 1. The van der Waals surface area contributed by atoms with Gasteiger partial charge in [0, 0.05) is 40.9 Å². The number of carbonyl (C=O) groups is 3. The fourth-order valence-electron chi connectivity index (χ4n) is 2.89. The Balaban J connectivity index is 1.53. The van der Waals surface area contributed by atoms with Gasteiger partial charge in [-0.25, -0.2) is 0 Å². The molecule has 1 saturated heterocycles. The molecular formula is C19H15BrClN3O6. The van der Waals surface area contributed by atoms with Crippen LogP contribution in [0.4, 0.5) is 17.1 Å². The maximum absolute atomic E-state index is 12.3. The van der Waals surface area contributed by atoms with Crippen molar-refractivity contribution in [2.45, 2.75) is 6.42 Å². The largest absolute Gasteiger partial charge is 0.455 e. The number of carbonyl (C=O) groups excluding carboxylic acids is 3. The van der Waals surface area contributed by atoms with Crippen LogP contribution in [0.15, 0.2) is 46.9 Å². The molecule has 11 heteroatoms. The van der Waals surface area contributed by atoms with Crippen molar-refractivity contribution in [3.05, 3.63) is 62.1 Å². The first-order chi connectivity index (χ1) is 14.2. The zero-order valence-electron chi connectivity index (χ0n) is 15.3. The Morgan fingerprint density at radius 3 is 2.60 bits per heavy atom. The van der Waals surface area contributed by atoms with E-state index < -0.39 is 29.3 Å². The highest BCUT2D eigenvalue weighted by Gasteiger charge is 2.36. The normalized spacial score (nSPS) is 15.7. The molecule has 0 radical (unpaired) electrons. The van der Waals surface area contributed by atoms with Crippen molar-refractivity contribution in [3.8, 4) is 0 Å². The molecule has 9 nitrogen and oxygen atoms in total. The number of non-ortho nitro benzene ring substituents is 1. The number of nitrogens with one attached hydrogen (secondary N) is 1. The number of nitrogens with zero attached hydrogens (tertiary/aromatic N) is 2. The van der Waals surface area contributed by atoms with Crippen LogP contribution in [0, 0.1) is 16.0 Å². The van der Waals surface area contributed by atoms with E-state index in [-0.39, 0.29) is 24.6 Å². The highest BCUT2D eigenvalue weighted by atomic mass is 79.9. The highest BCUT2D eigenvalue weighted by molar-refractivity contribution is 9.10. The molecule has 2 amide bonds. The van der Waals surface area contributed by atoms with Gasteiger partial charge in [0.2, 0.25) is 5.91 Å². The molecule has 30 heavy (non-hydrogen) atoms. The van der Waals surface area contributed by atoms with Crippen LogP contribution >= 0.6 is 27.5 Å². The summed E-state index contributed by atoms with van der Waals surface area (Å²) in [5.74, 6) is -2.25. The Bertz CT molecular complexity index is 1010. The van der Waals surface area contributed by atoms with Crippen molar-refractivity contribution in [1.29, 1.82) is 0 Å². The Morgan fingerprint density at radius 2 is 1.97 bits per heavy atom. The van der Waals surface area contributed by atoms with E-state index in [2.05, 4.69) is 21.2 Å². The van der Waals surface area contributed by atoms with Crippen LogP contribution in [-0.4, -0.2) is 35.9 Å². The van der Waals surface area contributed by atoms with Crippen LogP contribution in [0.3, 0.4) is 0 Å². The van der Waals surface area contributed by atoms with Crippen molar-refractivity contribution in [3.63, 3.8) is 0 Å². The Kier molecular flexibility index (Phi) is 6.68. The number of amides is 2. The van der Waals surface area contributed by atoms with Crippen LogP contribution in [-0.2, 0) is 19.1 Å². The van der Waals surface area contributed by atoms with E-state index in [9.17, 15) is 24.5 Å². The number of hydrogen-bond donors (Lipinski definition) is 1. The predicted octanol–water partition coefficient (Wildman–Crippen LogP) is 3.55. The molecule has 1 atom stereocenters. The second-order valence-electron chi connectivity index (χ2n) is 6.46. The minimum absolute atomic E-state index is 0.0689. The summed E-state index contributed by atoms with van der Waals surface area (Å²) in [6.07, 6.45) is -0.0697. The van der Waals surface area contributed by atoms with E-state index in [0.717, 1.165) is 0 Å². The molecule has 3 rings (SSSR count). The maximum atomic E-state index is 12.3. The second-order valence-corrected chi connectivity index (χ2v) is 7.73. The number of nitro groups is 1. The summed E-state index contributed by atoms with van der Waals surface area (Å²) in [6, 6.07) is 10.3. The van der Waals surface area contributed by atoms with Crippen LogP contribution in [0.5, 0.6) is 0 Å². The molecule has 0 saturated carbocycles. The first-order valence-corrected chi connectivity index (χ1v) is 9.88. The zero-order valence-corrected chi connectivity index (χ0v) is 17.7. The van der Waals surface area contributed by atoms with E-state index in [1.54, 1.807) is 18.2 Å². The third kappa shape index (κ3) is 5.14. The van der Waals surface area contributed by atoms with Gasteiger partial charge in [-0.3, -0.25) is 24.5 Å². The van der Waals surface area contributed by atoms with Gasteiger partial charge in [0.05, 0.1) is 15.9 Å². The average molecular weight is 497 g/mol. The lowest BCUT2D eigenvalue weighted by Gasteiger charge is -2.16. The van der Waals surface area contributed by atoms with Crippen LogP contribution < -0.4 is 10.2 Å². The Hall–Kier alpha value is -2.98. The molecular weight excluding hydrogens is 482 g/mol. The van der Waals surface area contributed by atoms with Gasteiger partial charge in [-0.2, -0.15) is 0 Å². The van der Waals surface area contributed by atoms with Crippen molar-refractivity contribution >= 4 is 62.4 Å². The highest BCUT2D eigenvalue weighted by Crippen LogP contribution is 2.28. The van der Waals surface area contributed by atoms with E-state index in [1.807, 2.05) is 0 Å². The van der Waals surface area contributed by atoms with Crippen LogP contribution in [0.1, 0.15) is 6.42 Å². The Labute approximate surface area is 184 Å². The number of anilines is 2. The summed E-state index contributed by atoms with van der Waals surface area (Å²) in [6.45, 7) is -0.436. The zero-order chi connectivity index (χ0) is 21.8. The standard InChI is InChI=1S/C19H15BrClN3O6/c20-15-6-1-12(8-16(15)21)22-17(25)10-30-19(27)11-7-18(26)23(9-11)13-2-4-14(5-3-13)24(28)29/h1-6,8,11H,7,9-10H2,(H,22,25)/t11-/m0/s1. The minimum Gasteiger partial charge on any atom is -0.455 e. The molecule has 1 fully saturated rings. The van der Waals surface area contributed by atoms with Gasteiger partial charge in [0.15, 0.2) is 6.61 Å². The van der Waals surface area contributed by atoms with Gasteiger partial charge < -0.3 is 15.0 Å². The minimum atomic E-state index is -0.734. The van der Waals surface area contributed by atoms with E-state index in [4.69, 9.17) is 16.3 Å². The molecule has 0 aromatic heterocycles. The molecule has 0 unspecified atom stereocenters. The fourth-order valence-corrected chi connectivity index (χ4v) is 3.32.